The number of anilines is 2. The van der Waals surface area contributed by atoms with Crippen molar-refractivity contribution in [3.8, 4) is 0 Å². The Morgan fingerprint density at radius 2 is 1.86 bits per heavy atom. The molecule has 0 bridgehead atoms. The lowest BCUT2D eigenvalue weighted by molar-refractivity contribution is -0.144. The second-order valence-electron chi connectivity index (χ2n) is 4.25. The number of aromatic nitrogens is 2. The van der Waals surface area contributed by atoms with Gasteiger partial charge in [0.1, 0.15) is 17.7 Å². The minimum absolute atomic E-state index is 0.0467. The molecule has 9 heteroatoms. The summed E-state index contributed by atoms with van der Waals surface area (Å²) >= 11 is 0. The summed E-state index contributed by atoms with van der Waals surface area (Å²) < 4.78 is 38.2. The van der Waals surface area contributed by atoms with Gasteiger partial charge in [0.2, 0.25) is 11.7 Å². The zero-order chi connectivity index (χ0) is 16.0. The van der Waals surface area contributed by atoms with E-state index in [-0.39, 0.29) is 17.5 Å². The summed E-state index contributed by atoms with van der Waals surface area (Å²) in [6.45, 7) is 5.87. The molecule has 1 amide bonds. The normalized spacial score (nSPS) is 12.7. The first-order valence-corrected chi connectivity index (χ1v) is 6.52. The van der Waals surface area contributed by atoms with Crippen molar-refractivity contribution in [2.24, 2.45) is 0 Å². The third kappa shape index (κ3) is 5.09. The van der Waals surface area contributed by atoms with Gasteiger partial charge in [0.05, 0.1) is 0 Å². The number of likely N-dealkylation sites (N-methyl/N-ethyl adjacent to an activating group) is 1. The number of hydrogen-bond acceptors (Lipinski definition) is 5. The van der Waals surface area contributed by atoms with Gasteiger partial charge in [0, 0.05) is 19.2 Å². The number of halogens is 3. The Morgan fingerprint density at radius 3 is 2.38 bits per heavy atom. The number of nitrogens with one attached hydrogen (secondary N) is 3. The van der Waals surface area contributed by atoms with E-state index in [0.29, 0.717) is 13.1 Å². The summed E-state index contributed by atoms with van der Waals surface area (Å²) in [7, 11) is 0. The highest BCUT2D eigenvalue weighted by Gasteiger charge is 2.35. The van der Waals surface area contributed by atoms with Gasteiger partial charge in [-0.05, 0) is 20.8 Å². The lowest BCUT2D eigenvalue weighted by atomic mass is 10.3. The Morgan fingerprint density at radius 1 is 1.24 bits per heavy atom. The molecule has 0 spiro atoms. The van der Waals surface area contributed by atoms with Crippen molar-refractivity contribution in [3.63, 3.8) is 0 Å². The molecule has 0 radical (unpaired) electrons. The van der Waals surface area contributed by atoms with E-state index in [0.717, 1.165) is 0 Å². The fourth-order valence-electron chi connectivity index (χ4n) is 1.53. The van der Waals surface area contributed by atoms with Crippen molar-refractivity contribution in [1.82, 2.24) is 15.3 Å². The van der Waals surface area contributed by atoms with Crippen LogP contribution in [-0.2, 0) is 11.0 Å². The van der Waals surface area contributed by atoms with Crippen molar-refractivity contribution < 1.29 is 18.0 Å². The number of alkyl halides is 3. The molecule has 1 unspecified atom stereocenters. The molecule has 0 aliphatic heterocycles. The zero-order valence-electron chi connectivity index (χ0n) is 12.0. The molecule has 0 aliphatic carbocycles. The van der Waals surface area contributed by atoms with Crippen LogP contribution in [0.2, 0.25) is 0 Å². The number of hydrogen-bond donors (Lipinski definition) is 3. The number of nitrogens with zero attached hydrogens (tertiary/aromatic N) is 2. The second kappa shape index (κ2) is 7.09. The summed E-state index contributed by atoms with van der Waals surface area (Å²) in [4.78, 5) is 18.4. The number of carbonyl (C=O) groups excluding carboxylic acids is 1. The molecular formula is C12H18F3N5O. The molecule has 1 atom stereocenters. The van der Waals surface area contributed by atoms with Crippen LogP contribution in [0.5, 0.6) is 0 Å². The van der Waals surface area contributed by atoms with Crippen molar-refractivity contribution in [3.05, 3.63) is 11.9 Å². The van der Waals surface area contributed by atoms with E-state index in [2.05, 4.69) is 25.9 Å². The van der Waals surface area contributed by atoms with Gasteiger partial charge in [0.25, 0.3) is 0 Å². The molecule has 0 fully saturated rings. The average Bonchev–Trinajstić information content (AvgIpc) is 2.38. The van der Waals surface area contributed by atoms with Crippen molar-refractivity contribution in [2.45, 2.75) is 33.0 Å². The summed E-state index contributed by atoms with van der Waals surface area (Å²) in [6, 6.07) is 0.615. The van der Waals surface area contributed by atoms with E-state index in [4.69, 9.17) is 0 Å². The van der Waals surface area contributed by atoms with Gasteiger partial charge in [-0.25, -0.2) is 9.97 Å². The maximum absolute atomic E-state index is 12.7. The lowest BCUT2D eigenvalue weighted by Gasteiger charge is -2.16. The number of amides is 1. The Kier molecular flexibility index (Phi) is 5.74. The van der Waals surface area contributed by atoms with Crippen LogP contribution < -0.4 is 16.0 Å². The minimum atomic E-state index is -4.66. The zero-order valence-corrected chi connectivity index (χ0v) is 12.0. The third-order valence-electron chi connectivity index (χ3n) is 2.45. The fraction of sp³-hybridized carbons (Fsp3) is 0.583. The van der Waals surface area contributed by atoms with Gasteiger partial charge >= 0.3 is 6.18 Å². The number of carbonyl (C=O) groups is 1. The largest absolute Gasteiger partial charge is 0.451 e. The van der Waals surface area contributed by atoms with Gasteiger partial charge in [-0.1, -0.05) is 0 Å². The highest BCUT2D eigenvalue weighted by Crippen LogP contribution is 2.28. The van der Waals surface area contributed by atoms with E-state index < -0.39 is 18.0 Å². The molecule has 1 aromatic heterocycles. The Balaban J connectivity index is 3.00. The standard InChI is InChI=1S/C12H18F3N5O/c1-4-16-8-6-9(18-7(3)10(21)17-5-2)20-11(19-8)12(13,14)15/h6-7H,4-5H2,1-3H3,(H,17,21)(H2,16,18,19,20). The molecule has 21 heavy (non-hydrogen) atoms. The predicted octanol–water partition coefficient (Wildman–Crippen LogP) is 1.86. The van der Waals surface area contributed by atoms with Crippen LogP contribution >= 0.6 is 0 Å². The Labute approximate surface area is 120 Å². The van der Waals surface area contributed by atoms with E-state index in [1.165, 1.54) is 13.0 Å². The van der Waals surface area contributed by atoms with Crippen LogP contribution in [0.4, 0.5) is 24.8 Å². The number of rotatable bonds is 6. The Hall–Kier alpha value is -2.06. The predicted molar refractivity (Wildman–Crippen MR) is 73.0 cm³/mol. The monoisotopic (exact) mass is 305 g/mol. The van der Waals surface area contributed by atoms with E-state index in [9.17, 15) is 18.0 Å². The maximum atomic E-state index is 12.7. The van der Waals surface area contributed by atoms with Crippen molar-refractivity contribution >= 4 is 17.5 Å². The summed E-state index contributed by atoms with van der Waals surface area (Å²) in [6.07, 6.45) is -4.66. The smallest absolute Gasteiger partial charge is 0.370 e. The third-order valence-corrected chi connectivity index (χ3v) is 2.45. The fourth-order valence-corrected chi connectivity index (χ4v) is 1.53. The molecule has 3 N–H and O–H groups in total. The SMILES string of the molecule is CCNC(=O)C(C)Nc1cc(NCC)nc(C(F)(F)F)n1. The minimum Gasteiger partial charge on any atom is -0.370 e. The summed E-state index contributed by atoms with van der Waals surface area (Å²) in [5, 5.41) is 7.90. The van der Waals surface area contributed by atoms with Gasteiger partial charge in [0.15, 0.2) is 0 Å². The van der Waals surface area contributed by atoms with Crippen LogP contribution in [0, 0.1) is 0 Å². The lowest BCUT2D eigenvalue weighted by Crippen LogP contribution is -2.37. The molecule has 118 valence electrons. The molecule has 1 rings (SSSR count). The van der Waals surface area contributed by atoms with Gasteiger partial charge < -0.3 is 16.0 Å². The van der Waals surface area contributed by atoms with Crippen molar-refractivity contribution in [2.75, 3.05) is 23.7 Å². The van der Waals surface area contributed by atoms with E-state index in [1.807, 2.05) is 0 Å². The maximum Gasteiger partial charge on any atom is 0.451 e. The first kappa shape index (κ1) is 17.0. The summed E-state index contributed by atoms with van der Waals surface area (Å²) in [5.74, 6) is -1.60. The molecular weight excluding hydrogens is 287 g/mol. The molecule has 0 saturated carbocycles. The first-order valence-electron chi connectivity index (χ1n) is 6.52. The molecule has 6 nitrogen and oxygen atoms in total. The van der Waals surface area contributed by atoms with Crippen LogP contribution in [0.25, 0.3) is 0 Å². The van der Waals surface area contributed by atoms with Crippen molar-refractivity contribution in [1.29, 1.82) is 0 Å². The van der Waals surface area contributed by atoms with E-state index >= 15 is 0 Å². The highest BCUT2D eigenvalue weighted by molar-refractivity contribution is 5.83. The second-order valence-corrected chi connectivity index (χ2v) is 4.25. The van der Waals surface area contributed by atoms with Gasteiger partial charge in [-0.15, -0.1) is 0 Å². The molecule has 0 aliphatic rings. The molecule has 0 aromatic carbocycles. The van der Waals surface area contributed by atoms with E-state index in [1.54, 1.807) is 13.8 Å². The molecule has 1 heterocycles. The quantitative estimate of drug-likeness (QED) is 0.747. The van der Waals surface area contributed by atoms with Crippen LogP contribution in [0.3, 0.4) is 0 Å². The van der Waals surface area contributed by atoms with Crippen LogP contribution in [-0.4, -0.2) is 35.0 Å². The summed E-state index contributed by atoms with van der Waals surface area (Å²) in [5.41, 5.74) is 0. The molecule has 1 aromatic rings. The van der Waals surface area contributed by atoms with Gasteiger partial charge in [-0.3, -0.25) is 4.79 Å². The molecule has 0 saturated heterocycles. The van der Waals surface area contributed by atoms with Gasteiger partial charge in [-0.2, -0.15) is 13.2 Å². The first-order chi connectivity index (χ1) is 9.77. The Bertz CT molecular complexity index is 492. The average molecular weight is 305 g/mol. The topological polar surface area (TPSA) is 78.9 Å². The van der Waals surface area contributed by atoms with Crippen LogP contribution in [0.1, 0.15) is 26.6 Å². The highest BCUT2D eigenvalue weighted by atomic mass is 19.4. The van der Waals surface area contributed by atoms with Crippen LogP contribution in [0.15, 0.2) is 6.07 Å².